The van der Waals surface area contributed by atoms with Crippen molar-refractivity contribution < 1.29 is 13.2 Å². The summed E-state index contributed by atoms with van der Waals surface area (Å²) < 4.78 is 29.2. The molecule has 0 unspecified atom stereocenters. The van der Waals surface area contributed by atoms with Gasteiger partial charge in [-0.25, -0.2) is 13.6 Å². The Bertz CT molecular complexity index is 778. The third-order valence-electron chi connectivity index (χ3n) is 2.70. The fourth-order valence-corrected chi connectivity index (χ4v) is 2.98. The second-order valence-electron chi connectivity index (χ2n) is 4.31. The molecule has 0 amide bonds. The summed E-state index contributed by atoms with van der Waals surface area (Å²) in [6, 6.07) is 9.76. The smallest absolute Gasteiger partial charge is 0.240 e. The first-order chi connectivity index (χ1) is 9.79. The Labute approximate surface area is 131 Å². The molecule has 8 heteroatoms. The van der Waals surface area contributed by atoms with E-state index in [0.29, 0.717) is 22.8 Å². The summed E-state index contributed by atoms with van der Waals surface area (Å²) in [4.78, 5) is -0.0681. The summed E-state index contributed by atoms with van der Waals surface area (Å²) in [5.74, 6) is 0.625. The SMILES string of the molecule is COc1cc(Br)cc(Nc2ccc(N)cc2S(N)(=O)=O)c1. The molecule has 0 aliphatic carbocycles. The van der Waals surface area contributed by atoms with Gasteiger partial charge >= 0.3 is 0 Å². The van der Waals surface area contributed by atoms with Crippen LogP contribution >= 0.6 is 15.9 Å². The first-order valence-corrected chi connectivity index (χ1v) is 8.17. The molecule has 21 heavy (non-hydrogen) atoms. The van der Waals surface area contributed by atoms with Crippen LogP contribution < -0.4 is 20.9 Å². The second-order valence-corrected chi connectivity index (χ2v) is 6.75. The Morgan fingerprint density at radius 1 is 1.19 bits per heavy atom. The van der Waals surface area contributed by atoms with Crippen LogP contribution in [-0.4, -0.2) is 15.5 Å². The molecule has 0 saturated carbocycles. The molecule has 6 nitrogen and oxygen atoms in total. The van der Waals surface area contributed by atoms with E-state index in [2.05, 4.69) is 21.2 Å². The van der Waals surface area contributed by atoms with Gasteiger partial charge in [-0.1, -0.05) is 15.9 Å². The topological polar surface area (TPSA) is 107 Å². The van der Waals surface area contributed by atoms with Crippen LogP contribution in [0.4, 0.5) is 17.1 Å². The number of primary sulfonamides is 1. The van der Waals surface area contributed by atoms with Crippen molar-refractivity contribution in [2.75, 3.05) is 18.2 Å². The molecule has 0 atom stereocenters. The zero-order valence-electron chi connectivity index (χ0n) is 11.1. The van der Waals surface area contributed by atoms with E-state index in [1.165, 1.54) is 6.07 Å². The Balaban J connectivity index is 2.47. The number of nitrogens with two attached hydrogens (primary N) is 2. The van der Waals surface area contributed by atoms with Crippen molar-refractivity contribution >= 4 is 43.0 Å². The van der Waals surface area contributed by atoms with Crippen molar-refractivity contribution in [2.24, 2.45) is 5.14 Å². The van der Waals surface area contributed by atoms with Gasteiger partial charge in [-0.05, 0) is 30.3 Å². The molecule has 0 bridgehead atoms. The zero-order chi connectivity index (χ0) is 15.6. The Kier molecular flexibility index (Phi) is 4.40. The van der Waals surface area contributed by atoms with Crippen LogP contribution in [-0.2, 0) is 10.0 Å². The van der Waals surface area contributed by atoms with Crippen LogP contribution in [0.3, 0.4) is 0 Å². The number of rotatable bonds is 4. The number of halogens is 1. The molecule has 0 heterocycles. The standard InChI is InChI=1S/C13H14BrN3O3S/c1-20-11-5-8(14)4-10(7-11)17-12-3-2-9(15)6-13(12)21(16,18)19/h2-7,17H,15H2,1H3,(H2,16,18,19). The van der Waals surface area contributed by atoms with Gasteiger partial charge in [0.05, 0.1) is 12.8 Å². The minimum atomic E-state index is -3.89. The van der Waals surface area contributed by atoms with Crippen molar-refractivity contribution in [1.29, 1.82) is 0 Å². The molecule has 0 saturated heterocycles. The maximum absolute atomic E-state index is 11.6. The van der Waals surface area contributed by atoms with Gasteiger partial charge in [0.25, 0.3) is 0 Å². The molecule has 0 aliphatic rings. The highest BCUT2D eigenvalue weighted by Crippen LogP contribution is 2.30. The maximum atomic E-state index is 11.6. The number of nitrogens with one attached hydrogen (secondary N) is 1. The van der Waals surface area contributed by atoms with E-state index >= 15 is 0 Å². The number of nitrogen functional groups attached to an aromatic ring is 1. The van der Waals surface area contributed by atoms with Crippen molar-refractivity contribution in [1.82, 2.24) is 0 Å². The zero-order valence-corrected chi connectivity index (χ0v) is 13.5. The van der Waals surface area contributed by atoms with Gasteiger partial charge in [0.1, 0.15) is 10.6 Å². The normalized spacial score (nSPS) is 11.2. The molecular weight excluding hydrogens is 358 g/mol. The minimum absolute atomic E-state index is 0.0681. The van der Waals surface area contributed by atoms with E-state index in [9.17, 15) is 8.42 Å². The molecule has 0 spiro atoms. The van der Waals surface area contributed by atoms with E-state index in [-0.39, 0.29) is 4.90 Å². The quantitative estimate of drug-likeness (QED) is 0.715. The molecule has 0 fully saturated rings. The molecule has 5 N–H and O–H groups in total. The lowest BCUT2D eigenvalue weighted by Crippen LogP contribution is -2.14. The first-order valence-electron chi connectivity index (χ1n) is 5.83. The van der Waals surface area contributed by atoms with Gasteiger partial charge in [0.15, 0.2) is 0 Å². The third-order valence-corrected chi connectivity index (χ3v) is 4.11. The number of methoxy groups -OCH3 is 1. The Hall–Kier alpha value is -1.77. The van der Waals surface area contributed by atoms with E-state index in [1.807, 2.05) is 0 Å². The predicted molar refractivity (Wildman–Crippen MR) is 86.2 cm³/mol. The van der Waals surface area contributed by atoms with Gasteiger partial charge in [-0.15, -0.1) is 0 Å². The van der Waals surface area contributed by atoms with Crippen LogP contribution in [0.1, 0.15) is 0 Å². The minimum Gasteiger partial charge on any atom is -0.497 e. The number of benzene rings is 2. The second kappa shape index (κ2) is 5.92. The largest absolute Gasteiger partial charge is 0.497 e. The van der Waals surface area contributed by atoms with Gasteiger partial charge in [0, 0.05) is 21.9 Å². The average molecular weight is 372 g/mol. The highest BCUT2D eigenvalue weighted by atomic mass is 79.9. The molecule has 0 radical (unpaired) electrons. The summed E-state index contributed by atoms with van der Waals surface area (Å²) in [6.45, 7) is 0. The summed E-state index contributed by atoms with van der Waals surface area (Å²) in [6.07, 6.45) is 0. The van der Waals surface area contributed by atoms with Crippen LogP contribution in [0.5, 0.6) is 5.75 Å². The van der Waals surface area contributed by atoms with Gasteiger partial charge < -0.3 is 15.8 Å². The third kappa shape index (κ3) is 3.87. The Morgan fingerprint density at radius 3 is 2.52 bits per heavy atom. The Morgan fingerprint density at radius 2 is 1.90 bits per heavy atom. The predicted octanol–water partition coefficient (Wildman–Crippen LogP) is 2.43. The van der Waals surface area contributed by atoms with Crippen molar-refractivity contribution in [3.63, 3.8) is 0 Å². The molecule has 2 aromatic rings. The highest BCUT2D eigenvalue weighted by Gasteiger charge is 2.15. The van der Waals surface area contributed by atoms with Gasteiger partial charge in [-0.2, -0.15) is 0 Å². The van der Waals surface area contributed by atoms with Gasteiger partial charge in [-0.3, -0.25) is 0 Å². The van der Waals surface area contributed by atoms with E-state index < -0.39 is 10.0 Å². The lowest BCUT2D eigenvalue weighted by atomic mass is 10.2. The monoisotopic (exact) mass is 371 g/mol. The molecule has 112 valence electrons. The summed E-state index contributed by atoms with van der Waals surface area (Å²) in [7, 11) is -2.34. The highest BCUT2D eigenvalue weighted by molar-refractivity contribution is 9.10. The molecule has 2 aromatic carbocycles. The van der Waals surface area contributed by atoms with E-state index in [0.717, 1.165) is 4.47 Å². The fourth-order valence-electron chi connectivity index (χ4n) is 1.79. The number of hydrogen-bond donors (Lipinski definition) is 3. The van der Waals surface area contributed by atoms with Crippen LogP contribution in [0, 0.1) is 0 Å². The summed E-state index contributed by atoms with van der Waals surface area (Å²) in [5.41, 5.74) is 6.92. The molecular formula is C13H14BrN3O3S. The average Bonchev–Trinajstić information content (AvgIpc) is 2.39. The number of ether oxygens (including phenoxy) is 1. The van der Waals surface area contributed by atoms with E-state index in [4.69, 9.17) is 15.6 Å². The first kappa shape index (κ1) is 15.6. The van der Waals surface area contributed by atoms with Gasteiger partial charge in [0.2, 0.25) is 10.0 Å². The molecule has 0 aliphatic heterocycles. The number of sulfonamides is 1. The lowest BCUT2D eigenvalue weighted by Gasteiger charge is -2.13. The van der Waals surface area contributed by atoms with Crippen molar-refractivity contribution in [3.05, 3.63) is 40.9 Å². The summed E-state index contributed by atoms with van der Waals surface area (Å²) >= 11 is 3.35. The lowest BCUT2D eigenvalue weighted by molar-refractivity contribution is 0.415. The maximum Gasteiger partial charge on any atom is 0.240 e. The number of anilines is 3. The van der Waals surface area contributed by atoms with Crippen LogP contribution in [0.15, 0.2) is 45.8 Å². The van der Waals surface area contributed by atoms with Crippen molar-refractivity contribution in [3.8, 4) is 5.75 Å². The van der Waals surface area contributed by atoms with E-state index in [1.54, 1.807) is 37.4 Å². The van der Waals surface area contributed by atoms with Crippen LogP contribution in [0.2, 0.25) is 0 Å². The van der Waals surface area contributed by atoms with Crippen LogP contribution in [0.25, 0.3) is 0 Å². The molecule has 0 aromatic heterocycles. The number of hydrogen-bond acceptors (Lipinski definition) is 5. The fraction of sp³-hybridized carbons (Fsp3) is 0.0769. The summed E-state index contributed by atoms with van der Waals surface area (Å²) in [5, 5.41) is 8.21. The molecule has 2 rings (SSSR count). The van der Waals surface area contributed by atoms with Crippen molar-refractivity contribution in [2.45, 2.75) is 4.90 Å².